The van der Waals surface area contributed by atoms with Crippen LogP contribution < -0.4 is 4.74 Å². The largest absolute Gasteiger partial charge is 0.478 e. The van der Waals surface area contributed by atoms with Gasteiger partial charge in [0.2, 0.25) is 5.88 Å². The molecule has 0 aliphatic rings. The Morgan fingerprint density at radius 1 is 1.33 bits per heavy atom. The molecule has 0 spiro atoms. The summed E-state index contributed by atoms with van der Waals surface area (Å²) in [6.45, 7) is 2.44. The molecule has 0 atom stereocenters. The second-order valence-electron chi connectivity index (χ2n) is 3.97. The van der Waals surface area contributed by atoms with Gasteiger partial charge in [-0.3, -0.25) is 0 Å². The molecule has 0 bridgehead atoms. The average molecular weight is 243 g/mol. The van der Waals surface area contributed by atoms with Gasteiger partial charge in [-0.15, -0.1) is 0 Å². The molecule has 2 aromatic rings. The van der Waals surface area contributed by atoms with Crippen LogP contribution in [-0.4, -0.2) is 16.1 Å². The maximum absolute atomic E-state index is 10.6. The number of carboxylic acids is 1. The fourth-order valence-electron chi connectivity index (χ4n) is 1.55. The number of aromatic nitrogens is 1. The van der Waals surface area contributed by atoms with Crippen molar-refractivity contribution >= 4 is 5.97 Å². The van der Waals surface area contributed by atoms with Gasteiger partial charge in [-0.05, 0) is 18.6 Å². The van der Waals surface area contributed by atoms with E-state index in [9.17, 15) is 4.79 Å². The van der Waals surface area contributed by atoms with Gasteiger partial charge < -0.3 is 9.84 Å². The molecule has 0 aliphatic carbocycles. The number of hydrogen-bond donors (Lipinski definition) is 1. The van der Waals surface area contributed by atoms with Crippen LogP contribution >= 0.6 is 0 Å². The SMILES string of the molecule is Cc1cccc(COc2ccc(C(=O)O)cn2)c1. The van der Waals surface area contributed by atoms with E-state index >= 15 is 0 Å². The zero-order valence-electron chi connectivity index (χ0n) is 9.96. The van der Waals surface area contributed by atoms with Crippen LogP contribution in [0.1, 0.15) is 21.5 Å². The number of pyridine rings is 1. The molecule has 0 amide bonds. The molecule has 4 heteroatoms. The van der Waals surface area contributed by atoms with Crippen molar-refractivity contribution in [3.05, 3.63) is 59.3 Å². The van der Waals surface area contributed by atoms with E-state index < -0.39 is 5.97 Å². The van der Waals surface area contributed by atoms with Crippen LogP contribution in [0.4, 0.5) is 0 Å². The number of carboxylic acid groups (broad SMARTS) is 1. The number of aryl methyl sites for hydroxylation is 1. The second-order valence-corrected chi connectivity index (χ2v) is 3.97. The molecule has 0 saturated heterocycles. The number of hydrogen-bond acceptors (Lipinski definition) is 3. The van der Waals surface area contributed by atoms with Crippen molar-refractivity contribution < 1.29 is 14.6 Å². The maximum Gasteiger partial charge on any atom is 0.337 e. The Balaban J connectivity index is 2.00. The van der Waals surface area contributed by atoms with Gasteiger partial charge in [0.1, 0.15) is 6.61 Å². The minimum absolute atomic E-state index is 0.151. The molecule has 1 heterocycles. The van der Waals surface area contributed by atoms with E-state index in [4.69, 9.17) is 9.84 Å². The van der Waals surface area contributed by atoms with Gasteiger partial charge in [0.15, 0.2) is 0 Å². The molecular formula is C14H13NO3. The summed E-state index contributed by atoms with van der Waals surface area (Å²) in [5.74, 6) is -0.575. The number of ether oxygens (including phenoxy) is 1. The molecule has 18 heavy (non-hydrogen) atoms. The smallest absolute Gasteiger partial charge is 0.337 e. The fourth-order valence-corrected chi connectivity index (χ4v) is 1.55. The summed E-state index contributed by atoms with van der Waals surface area (Å²) in [6, 6.07) is 11.0. The summed E-state index contributed by atoms with van der Waals surface area (Å²) in [7, 11) is 0. The Kier molecular flexibility index (Phi) is 3.57. The third-order valence-corrected chi connectivity index (χ3v) is 2.45. The van der Waals surface area contributed by atoms with Gasteiger partial charge in [0, 0.05) is 12.3 Å². The zero-order valence-corrected chi connectivity index (χ0v) is 9.96. The van der Waals surface area contributed by atoms with Crippen molar-refractivity contribution in [3.8, 4) is 5.88 Å². The lowest BCUT2D eigenvalue weighted by Crippen LogP contribution is -2.00. The lowest BCUT2D eigenvalue weighted by Gasteiger charge is -2.06. The van der Waals surface area contributed by atoms with Crippen LogP contribution in [0.2, 0.25) is 0 Å². The van der Waals surface area contributed by atoms with Gasteiger partial charge in [0.25, 0.3) is 0 Å². The first-order valence-corrected chi connectivity index (χ1v) is 5.53. The monoisotopic (exact) mass is 243 g/mol. The first kappa shape index (κ1) is 12.1. The van der Waals surface area contributed by atoms with Crippen LogP contribution in [0.3, 0.4) is 0 Å². The third kappa shape index (κ3) is 3.07. The van der Waals surface area contributed by atoms with Crippen LogP contribution in [-0.2, 0) is 6.61 Å². The lowest BCUT2D eigenvalue weighted by molar-refractivity contribution is 0.0696. The molecule has 0 aliphatic heterocycles. The van der Waals surface area contributed by atoms with Gasteiger partial charge >= 0.3 is 5.97 Å². The highest BCUT2D eigenvalue weighted by atomic mass is 16.5. The van der Waals surface area contributed by atoms with Gasteiger partial charge in [-0.1, -0.05) is 29.8 Å². The number of carbonyl (C=O) groups is 1. The second kappa shape index (κ2) is 5.31. The van der Waals surface area contributed by atoms with E-state index in [-0.39, 0.29) is 5.56 Å². The molecule has 1 N–H and O–H groups in total. The Bertz CT molecular complexity index is 549. The number of aromatic carboxylic acids is 1. The van der Waals surface area contributed by atoms with E-state index in [1.165, 1.54) is 17.8 Å². The van der Waals surface area contributed by atoms with Crippen molar-refractivity contribution in [3.63, 3.8) is 0 Å². The minimum Gasteiger partial charge on any atom is -0.478 e. The van der Waals surface area contributed by atoms with Crippen LogP contribution in [0.25, 0.3) is 0 Å². The van der Waals surface area contributed by atoms with Crippen LogP contribution in [0.15, 0.2) is 42.6 Å². The first-order chi connectivity index (χ1) is 8.65. The molecule has 0 fully saturated rings. The van der Waals surface area contributed by atoms with E-state index in [0.717, 1.165) is 5.56 Å². The topological polar surface area (TPSA) is 59.4 Å². The maximum atomic E-state index is 10.6. The number of benzene rings is 1. The summed E-state index contributed by atoms with van der Waals surface area (Å²) in [5.41, 5.74) is 2.38. The highest BCUT2D eigenvalue weighted by molar-refractivity contribution is 5.87. The van der Waals surface area contributed by atoms with Crippen LogP contribution in [0.5, 0.6) is 5.88 Å². The van der Waals surface area contributed by atoms with E-state index in [1.807, 2.05) is 31.2 Å². The number of rotatable bonds is 4. The molecule has 0 radical (unpaired) electrons. The van der Waals surface area contributed by atoms with Crippen molar-refractivity contribution in [1.82, 2.24) is 4.98 Å². The van der Waals surface area contributed by atoms with E-state index in [2.05, 4.69) is 4.98 Å². The highest BCUT2D eigenvalue weighted by Crippen LogP contribution is 2.11. The third-order valence-electron chi connectivity index (χ3n) is 2.45. The molecule has 2 rings (SSSR count). The molecule has 1 aromatic carbocycles. The summed E-state index contributed by atoms with van der Waals surface area (Å²) >= 11 is 0. The predicted molar refractivity (Wildman–Crippen MR) is 66.7 cm³/mol. The van der Waals surface area contributed by atoms with Crippen molar-refractivity contribution in [2.75, 3.05) is 0 Å². The van der Waals surface area contributed by atoms with Gasteiger partial charge in [-0.2, -0.15) is 0 Å². The summed E-state index contributed by atoms with van der Waals surface area (Å²) in [4.78, 5) is 14.6. The van der Waals surface area contributed by atoms with Gasteiger partial charge in [0.05, 0.1) is 5.56 Å². The summed E-state index contributed by atoms with van der Waals surface area (Å²) in [6.07, 6.45) is 1.29. The first-order valence-electron chi connectivity index (χ1n) is 5.53. The Morgan fingerprint density at radius 3 is 2.78 bits per heavy atom. The fraction of sp³-hybridized carbons (Fsp3) is 0.143. The van der Waals surface area contributed by atoms with Crippen molar-refractivity contribution in [2.45, 2.75) is 13.5 Å². The molecule has 0 saturated carbocycles. The standard InChI is InChI=1S/C14H13NO3/c1-10-3-2-4-11(7-10)9-18-13-6-5-12(8-15-13)14(16)17/h2-8H,9H2,1H3,(H,16,17). The lowest BCUT2D eigenvalue weighted by atomic mass is 10.1. The number of nitrogens with zero attached hydrogens (tertiary/aromatic N) is 1. The summed E-state index contributed by atoms with van der Waals surface area (Å²) in [5, 5.41) is 8.73. The summed E-state index contributed by atoms with van der Waals surface area (Å²) < 4.78 is 5.48. The van der Waals surface area contributed by atoms with Crippen molar-refractivity contribution in [1.29, 1.82) is 0 Å². The molecule has 4 nitrogen and oxygen atoms in total. The normalized spacial score (nSPS) is 10.1. The molecular weight excluding hydrogens is 230 g/mol. The Hall–Kier alpha value is -2.36. The zero-order chi connectivity index (χ0) is 13.0. The predicted octanol–water partition coefficient (Wildman–Crippen LogP) is 2.67. The molecule has 0 unspecified atom stereocenters. The van der Waals surface area contributed by atoms with Crippen LogP contribution in [0, 0.1) is 6.92 Å². The minimum atomic E-state index is -0.993. The highest BCUT2D eigenvalue weighted by Gasteiger charge is 2.03. The molecule has 92 valence electrons. The van der Waals surface area contributed by atoms with Crippen molar-refractivity contribution in [2.24, 2.45) is 0 Å². The van der Waals surface area contributed by atoms with E-state index in [0.29, 0.717) is 12.5 Å². The quantitative estimate of drug-likeness (QED) is 0.896. The Morgan fingerprint density at radius 2 is 2.17 bits per heavy atom. The average Bonchev–Trinajstić information content (AvgIpc) is 2.37. The van der Waals surface area contributed by atoms with Gasteiger partial charge in [-0.25, -0.2) is 9.78 Å². The van der Waals surface area contributed by atoms with E-state index in [1.54, 1.807) is 6.07 Å². The molecule has 1 aromatic heterocycles. The Labute approximate surface area is 105 Å².